The van der Waals surface area contributed by atoms with Crippen molar-refractivity contribution < 1.29 is 18.7 Å². The number of rotatable bonds is 2. The normalized spacial score (nSPS) is 19.3. The van der Waals surface area contributed by atoms with Crippen LogP contribution < -0.4 is 5.73 Å². The van der Waals surface area contributed by atoms with Crippen molar-refractivity contribution in [2.24, 2.45) is 5.73 Å². The Balaban J connectivity index is 2.28. The van der Waals surface area contributed by atoms with E-state index in [1.54, 1.807) is 0 Å². The van der Waals surface area contributed by atoms with E-state index in [9.17, 15) is 14.0 Å². The zero-order valence-electron chi connectivity index (χ0n) is 9.94. The summed E-state index contributed by atoms with van der Waals surface area (Å²) in [5, 5.41) is 0. The molecule has 0 saturated carbocycles. The molecular formula is C12H12BrFN2O3. The molecule has 2 N–H and O–H groups in total. The number of ether oxygens (including phenoxy) is 1. The largest absolute Gasteiger partial charge is 0.377 e. The topological polar surface area (TPSA) is 72.6 Å². The minimum atomic E-state index is -0.793. The highest BCUT2D eigenvalue weighted by atomic mass is 79.9. The molecule has 2 amide bonds. The third-order valence-corrected chi connectivity index (χ3v) is 3.54. The molecule has 0 spiro atoms. The average Bonchev–Trinajstić information content (AvgIpc) is 2.38. The van der Waals surface area contributed by atoms with Gasteiger partial charge in [0, 0.05) is 11.0 Å². The van der Waals surface area contributed by atoms with Crippen LogP contribution in [0.25, 0.3) is 0 Å². The number of primary amides is 1. The smallest absolute Gasteiger partial charge is 0.255 e. The molecule has 1 aliphatic rings. The van der Waals surface area contributed by atoms with Crippen LogP contribution in [0, 0.1) is 5.82 Å². The van der Waals surface area contributed by atoms with Crippen molar-refractivity contribution in [2.45, 2.75) is 6.04 Å². The van der Waals surface area contributed by atoms with Crippen LogP contribution in [-0.4, -0.2) is 42.5 Å². The summed E-state index contributed by atoms with van der Waals surface area (Å²) >= 11 is 3.14. The molecule has 7 heteroatoms. The number of nitrogens with two attached hydrogens (primary N) is 1. The predicted molar refractivity (Wildman–Crippen MR) is 68.9 cm³/mol. The predicted octanol–water partition coefficient (Wildman–Crippen LogP) is 0.915. The van der Waals surface area contributed by atoms with Gasteiger partial charge in [-0.1, -0.05) is 0 Å². The van der Waals surface area contributed by atoms with E-state index < -0.39 is 17.8 Å². The fourth-order valence-electron chi connectivity index (χ4n) is 1.90. The van der Waals surface area contributed by atoms with E-state index in [2.05, 4.69) is 15.9 Å². The van der Waals surface area contributed by atoms with Crippen molar-refractivity contribution >= 4 is 27.7 Å². The average molecular weight is 331 g/mol. The number of amides is 2. The Labute approximate surface area is 117 Å². The van der Waals surface area contributed by atoms with Gasteiger partial charge >= 0.3 is 0 Å². The molecule has 1 heterocycles. The number of nitrogens with zero attached hydrogens (tertiary/aromatic N) is 1. The lowest BCUT2D eigenvalue weighted by atomic mass is 10.1. The van der Waals surface area contributed by atoms with Crippen LogP contribution in [0.4, 0.5) is 4.39 Å². The first-order valence-electron chi connectivity index (χ1n) is 5.64. The summed E-state index contributed by atoms with van der Waals surface area (Å²) in [4.78, 5) is 25.0. The fourth-order valence-corrected chi connectivity index (χ4v) is 2.42. The van der Waals surface area contributed by atoms with E-state index in [1.165, 1.54) is 23.1 Å². The summed E-state index contributed by atoms with van der Waals surface area (Å²) < 4.78 is 18.5. The number of halogens is 2. The second-order valence-electron chi connectivity index (χ2n) is 4.12. The molecule has 0 aromatic heterocycles. The first kappa shape index (κ1) is 14.0. The lowest BCUT2D eigenvalue weighted by Crippen LogP contribution is -2.54. The number of carbonyl (C=O) groups is 2. The van der Waals surface area contributed by atoms with E-state index in [0.717, 1.165) is 0 Å². The minimum Gasteiger partial charge on any atom is -0.377 e. The Morgan fingerprint density at radius 2 is 2.21 bits per heavy atom. The maximum Gasteiger partial charge on any atom is 0.255 e. The van der Waals surface area contributed by atoms with Gasteiger partial charge in [0.25, 0.3) is 5.91 Å². The van der Waals surface area contributed by atoms with Gasteiger partial charge in [0.2, 0.25) is 5.91 Å². The molecule has 1 unspecified atom stereocenters. The van der Waals surface area contributed by atoms with Crippen molar-refractivity contribution in [3.05, 3.63) is 34.1 Å². The molecule has 1 saturated heterocycles. The Morgan fingerprint density at radius 3 is 2.84 bits per heavy atom. The summed E-state index contributed by atoms with van der Waals surface area (Å²) in [6.07, 6.45) is 0. The summed E-state index contributed by atoms with van der Waals surface area (Å²) in [6.45, 7) is 0.699. The van der Waals surface area contributed by atoms with Crippen LogP contribution in [0.15, 0.2) is 22.7 Å². The summed E-state index contributed by atoms with van der Waals surface area (Å²) in [5.74, 6) is -1.44. The highest BCUT2D eigenvalue weighted by molar-refractivity contribution is 9.10. The van der Waals surface area contributed by atoms with Crippen molar-refractivity contribution in [2.75, 3.05) is 19.8 Å². The number of hydrogen-bond acceptors (Lipinski definition) is 3. The summed E-state index contributed by atoms with van der Waals surface area (Å²) in [7, 11) is 0. The first-order chi connectivity index (χ1) is 9.00. The van der Waals surface area contributed by atoms with Crippen molar-refractivity contribution in [1.29, 1.82) is 0 Å². The van der Waals surface area contributed by atoms with Gasteiger partial charge in [0.15, 0.2) is 0 Å². The van der Waals surface area contributed by atoms with E-state index >= 15 is 0 Å². The Morgan fingerprint density at radius 1 is 1.47 bits per heavy atom. The Kier molecular flexibility index (Phi) is 4.16. The second kappa shape index (κ2) is 5.66. The quantitative estimate of drug-likeness (QED) is 0.876. The van der Waals surface area contributed by atoms with E-state index in [-0.39, 0.29) is 24.6 Å². The van der Waals surface area contributed by atoms with Crippen LogP contribution in [0.3, 0.4) is 0 Å². The molecule has 1 aliphatic heterocycles. The molecule has 19 heavy (non-hydrogen) atoms. The van der Waals surface area contributed by atoms with Crippen LogP contribution in [0.2, 0.25) is 0 Å². The molecule has 1 aromatic rings. The molecule has 1 atom stereocenters. The second-order valence-corrected chi connectivity index (χ2v) is 4.97. The molecule has 1 aromatic carbocycles. The van der Waals surface area contributed by atoms with Crippen molar-refractivity contribution in [3.63, 3.8) is 0 Å². The molecule has 0 radical (unpaired) electrons. The molecular weight excluding hydrogens is 319 g/mol. The maximum absolute atomic E-state index is 13.0. The van der Waals surface area contributed by atoms with Gasteiger partial charge in [-0.3, -0.25) is 9.59 Å². The van der Waals surface area contributed by atoms with Crippen molar-refractivity contribution in [1.82, 2.24) is 4.90 Å². The number of hydrogen-bond donors (Lipinski definition) is 1. The zero-order chi connectivity index (χ0) is 14.0. The first-order valence-corrected chi connectivity index (χ1v) is 6.43. The van der Waals surface area contributed by atoms with Gasteiger partial charge in [-0.2, -0.15) is 0 Å². The highest BCUT2D eigenvalue weighted by Crippen LogP contribution is 2.21. The van der Waals surface area contributed by atoms with Gasteiger partial charge < -0.3 is 15.4 Å². The summed E-state index contributed by atoms with van der Waals surface area (Å²) in [5.41, 5.74) is 5.54. The van der Waals surface area contributed by atoms with Crippen LogP contribution in [0.1, 0.15) is 10.4 Å². The maximum atomic E-state index is 13.0. The number of carbonyl (C=O) groups excluding carboxylic acids is 2. The standard InChI is InChI=1S/C12H12BrFN2O3/c13-9-5-7(14)1-2-8(9)12(18)16-3-4-19-6-10(16)11(15)17/h1-2,5,10H,3-4,6H2,(H2,15,17). The molecule has 2 rings (SSSR count). The summed E-state index contributed by atoms with van der Waals surface area (Å²) in [6, 6.07) is 2.97. The Hall–Kier alpha value is -1.47. The van der Waals surface area contributed by atoms with Crippen LogP contribution >= 0.6 is 15.9 Å². The third-order valence-electron chi connectivity index (χ3n) is 2.88. The van der Waals surface area contributed by atoms with Gasteiger partial charge in [-0.25, -0.2) is 4.39 Å². The van der Waals surface area contributed by atoms with Gasteiger partial charge in [0.1, 0.15) is 11.9 Å². The minimum absolute atomic E-state index is 0.0832. The lowest BCUT2D eigenvalue weighted by Gasteiger charge is -2.33. The lowest BCUT2D eigenvalue weighted by molar-refractivity contribution is -0.127. The van der Waals surface area contributed by atoms with Crippen molar-refractivity contribution in [3.8, 4) is 0 Å². The fraction of sp³-hybridized carbons (Fsp3) is 0.333. The Bertz CT molecular complexity index is 524. The molecule has 5 nitrogen and oxygen atoms in total. The molecule has 0 aliphatic carbocycles. The number of benzene rings is 1. The SMILES string of the molecule is NC(=O)C1COCCN1C(=O)c1ccc(F)cc1Br. The monoisotopic (exact) mass is 330 g/mol. The molecule has 102 valence electrons. The number of morpholine rings is 1. The van der Waals surface area contributed by atoms with Gasteiger partial charge in [-0.05, 0) is 34.1 Å². The van der Waals surface area contributed by atoms with Crippen LogP contribution in [0.5, 0.6) is 0 Å². The zero-order valence-corrected chi connectivity index (χ0v) is 11.5. The molecule has 1 fully saturated rings. The highest BCUT2D eigenvalue weighted by Gasteiger charge is 2.32. The van der Waals surface area contributed by atoms with Gasteiger partial charge in [-0.15, -0.1) is 0 Å². The van der Waals surface area contributed by atoms with Gasteiger partial charge in [0.05, 0.1) is 18.8 Å². The van der Waals surface area contributed by atoms with E-state index in [0.29, 0.717) is 11.1 Å². The van der Waals surface area contributed by atoms with Crippen LogP contribution in [-0.2, 0) is 9.53 Å². The third kappa shape index (κ3) is 2.93. The van der Waals surface area contributed by atoms with E-state index in [4.69, 9.17) is 10.5 Å². The molecule has 0 bridgehead atoms. The van der Waals surface area contributed by atoms with E-state index in [1.807, 2.05) is 0 Å².